The van der Waals surface area contributed by atoms with Crippen molar-refractivity contribution in [2.75, 3.05) is 43.9 Å². The van der Waals surface area contributed by atoms with Crippen LogP contribution in [0.4, 0.5) is 10.8 Å². The summed E-state index contributed by atoms with van der Waals surface area (Å²) in [6.45, 7) is 7.29. The Balaban J connectivity index is 1.68. The third-order valence-electron chi connectivity index (χ3n) is 5.50. The van der Waals surface area contributed by atoms with Crippen LogP contribution in [0.1, 0.15) is 26.7 Å². The number of nitrogens with zero attached hydrogens (tertiary/aromatic N) is 4. The first-order chi connectivity index (χ1) is 16.4. The lowest BCUT2D eigenvalue weighted by atomic mass is 10.3. The lowest BCUT2D eigenvalue weighted by molar-refractivity contribution is -0.384. The molecule has 3 rings (SSSR count). The second-order valence-electron chi connectivity index (χ2n) is 7.61. The van der Waals surface area contributed by atoms with Gasteiger partial charge in [0.2, 0.25) is 5.91 Å². The van der Waals surface area contributed by atoms with E-state index in [2.05, 4.69) is 23.7 Å². The summed E-state index contributed by atoms with van der Waals surface area (Å²) in [5.41, 5.74) is 0.695. The molecular formula is C24H30N4O4S2. The molecule has 0 saturated heterocycles. The minimum atomic E-state index is -0.414. The molecule has 0 radical (unpaired) electrons. The summed E-state index contributed by atoms with van der Waals surface area (Å²) in [4.78, 5) is 33.7. The molecule has 0 N–H and O–H groups in total. The van der Waals surface area contributed by atoms with Crippen LogP contribution in [0, 0.1) is 10.1 Å². The molecule has 0 spiro atoms. The Morgan fingerprint density at radius 2 is 1.88 bits per heavy atom. The summed E-state index contributed by atoms with van der Waals surface area (Å²) in [6.07, 6.45) is 1.16. The molecule has 182 valence electrons. The second kappa shape index (κ2) is 12.7. The van der Waals surface area contributed by atoms with Crippen LogP contribution < -0.4 is 9.64 Å². The fourth-order valence-corrected chi connectivity index (χ4v) is 5.35. The Morgan fingerprint density at radius 1 is 1.15 bits per heavy atom. The molecule has 0 saturated carbocycles. The standard InChI is InChI=1S/C24H30N4O4S2/c1-4-26(5-2)14-15-27(24-25-21-13-8-18(28(30)31)17-22(21)34-24)23(29)7-6-16-33-20-11-9-19(32-3)10-12-20/h8-13,17H,4-7,14-16H2,1-3H3. The van der Waals surface area contributed by atoms with E-state index in [0.717, 1.165) is 42.5 Å². The van der Waals surface area contributed by atoms with E-state index in [-0.39, 0.29) is 11.6 Å². The van der Waals surface area contributed by atoms with Crippen molar-refractivity contribution in [3.05, 3.63) is 52.6 Å². The number of rotatable bonds is 13. The van der Waals surface area contributed by atoms with Gasteiger partial charge in [0.1, 0.15) is 5.75 Å². The van der Waals surface area contributed by atoms with Crippen LogP contribution in [0.3, 0.4) is 0 Å². The maximum Gasteiger partial charge on any atom is 0.270 e. The van der Waals surface area contributed by atoms with Gasteiger partial charge in [-0.3, -0.25) is 19.8 Å². The average molecular weight is 503 g/mol. The Hall–Kier alpha value is -2.69. The highest BCUT2D eigenvalue weighted by Crippen LogP contribution is 2.32. The van der Waals surface area contributed by atoms with E-state index >= 15 is 0 Å². The van der Waals surface area contributed by atoms with Crippen molar-refractivity contribution in [1.29, 1.82) is 0 Å². The molecule has 0 bridgehead atoms. The summed E-state index contributed by atoms with van der Waals surface area (Å²) in [6, 6.07) is 12.5. The van der Waals surface area contributed by atoms with Crippen LogP contribution in [0.25, 0.3) is 10.2 Å². The van der Waals surface area contributed by atoms with E-state index in [1.54, 1.807) is 29.8 Å². The number of hydrogen-bond acceptors (Lipinski definition) is 8. The van der Waals surface area contributed by atoms with Crippen LogP contribution >= 0.6 is 23.1 Å². The van der Waals surface area contributed by atoms with Crippen molar-refractivity contribution in [2.45, 2.75) is 31.6 Å². The quantitative estimate of drug-likeness (QED) is 0.133. The Morgan fingerprint density at radius 3 is 2.53 bits per heavy atom. The molecule has 1 heterocycles. The molecule has 1 amide bonds. The third kappa shape index (κ3) is 6.91. The summed E-state index contributed by atoms with van der Waals surface area (Å²) < 4.78 is 5.90. The molecule has 0 unspecified atom stereocenters. The number of nitro groups is 1. The van der Waals surface area contributed by atoms with Gasteiger partial charge in [0.25, 0.3) is 5.69 Å². The number of benzene rings is 2. The number of thiazole rings is 1. The molecule has 2 aromatic carbocycles. The molecule has 0 aliphatic rings. The van der Waals surface area contributed by atoms with Crippen LogP contribution in [0.2, 0.25) is 0 Å². The summed E-state index contributed by atoms with van der Waals surface area (Å²) in [7, 11) is 1.65. The summed E-state index contributed by atoms with van der Waals surface area (Å²) >= 11 is 3.04. The molecule has 0 aliphatic carbocycles. The zero-order valence-electron chi connectivity index (χ0n) is 19.7. The van der Waals surface area contributed by atoms with Gasteiger partial charge in [0, 0.05) is 36.5 Å². The number of nitro benzene ring substituents is 1. The van der Waals surface area contributed by atoms with Crippen LogP contribution in [-0.2, 0) is 4.79 Å². The largest absolute Gasteiger partial charge is 0.497 e. The normalized spacial score (nSPS) is 11.2. The fourth-order valence-electron chi connectivity index (χ4n) is 3.46. The average Bonchev–Trinajstić information content (AvgIpc) is 3.27. The number of hydrogen-bond donors (Lipinski definition) is 0. The van der Waals surface area contributed by atoms with Crippen molar-refractivity contribution in [1.82, 2.24) is 9.88 Å². The fraction of sp³-hybridized carbons (Fsp3) is 0.417. The van der Waals surface area contributed by atoms with Crippen molar-refractivity contribution in [2.24, 2.45) is 0 Å². The highest BCUT2D eigenvalue weighted by Gasteiger charge is 2.21. The van der Waals surface area contributed by atoms with Crippen molar-refractivity contribution < 1.29 is 14.5 Å². The number of fused-ring (bicyclic) bond motifs is 1. The van der Waals surface area contributed by atoms with Gasteiger partial charge in [0.05, 0.1) is 22.2 Å². The maximum absolute atomic E-state index is 13.2. The third-order valence-corrected chi connectivity index (χ3v) is 7.64. The van der Waals surface area contributed by atoms with E-state index in [4.69, 9.17) is 4.74 Å². The van der Waals surface area contributed by atoms with Crippen LogP contribution in [-0.4, -0.2) is 59.8 Å². The predicted molar refractivity (Wildman–Crippen MR) is 139 cm³/mol. The van der Waals surface area contributed by atoms with Crippen molar-refractivity contribution in [3.8, 4) is 5.75 Å². The summed E-state index contributed by atoms with van der Waals surface area (Å²) in [5.74, 6) is 1.68. The van der Waals surface area contributed by atoms with Gasteiger partial charge in [0.15, 0.2) is 5.13 Å². The first-order valence-corrected chi connectivity index (χ1v) is 13.1. The first kappa shape index (κ1) is 25.9. The Labute approximate surface area is 208 Å². The zero-order valence-corrected chi connectivity index (χ0v) is 21.4. The van der Waals surface area contributed by atoms with E-state index in [1.165, 1.54) is 23.5 Å². The monoisotopic (exact) mass is 502 g/mol. The molecule has 10 heteroatoms. The van der Waals surface area contributed by atoms with Gasteiger partial charge < -0.3 is 9.64 Å². The van der Waals surface area contributed by atoms with Gasteiger partial charge in [-0.15, -0.1) is 11.8 Å². The van der Waals surface area contributed by atoms with Gasteiger partial charge in [-0.2, -0.15) is 0 Å². The van der Waals surface area contributed by atoms with Crippen LogP contribution in [0.15, 0.2) is 47.4 Å². The number of methoxy groups -OCH3 is 1. The van der Waals surface area contributed by atoms with Gasteiger partial charge in [-0.25, -0.2) is 4.98 Å². The highest BCUT2D eigenvalue weighted by atomic mass is 32.2. The topological polar surface area (TPSA) is 88.8 Å². The van der Waals surface area contributed by atoms with E-state index < -0.39 is 4.92 Å². The SMILES string of the molecule is CCN(CC)CCN(C(=O)CCCSc1ccc(OC)cc1)c1nc2ccc([N+](=O)[O-])cc2s1. The number of non-ortho nitro benzene ring substituents is 1. The molecule has 0 aliphatic heterocycles. The van der Waals surface area contributed by atoms with Gasteiger partial charge in [-0.05, 0) is 55.6 Å². The second-order valence-corrected chi connectivity index (χ2v) is 9.78. The lowest BCUT2D eigenvalue weighted by Gasteiger charge is -2.24. The maximum atomic E-state index is 13.2. The molecule has 3 aromatic rings. The molecule has 1 aromatic heterocycles. The van der Waals surface area contributed by atoms with E-state index in [9.17, 15) is 14.9 Å². The minimum absolute atomic E-state index is 0.0241. The van der Waals surface area contributed by atoms with Gasteiger partial charge >= 0.3 is 0 Å². The number of amides is 1. The van der Waals surface area contributed by atoms with E-state index in [1.807, 2.05) is 24.3 Å². The smallest absolute Gasteiger partial charge is 0.270 e. The number of thioether (sulfide) groups is 1. The van der Waals surface area contributed by atoms with Gasteiger partial charge in [-0.1, -0.05) is 25.2 Å². The molecule has 0 atom stereocenters. The summed E-state index contributed by atoms with van der Waals surface area (Å²) in [5, 5.41) is 11.7. The van der Waals surface area contributed by atoms with Crippen molar-refractivity contribution in [3.63, 3.8) is 0 Å². The van der Waals surface area contributed by atoms with Crippen LogP contribution in [0.5, 0.6) is 5.75 Å². The number of ether oxygens (including phenoxy) is 1. The van der Waals surface area contributed by atoms with E-state index in [0.29, 0.717) is 28.3 Å². The lowest BCUT2D eigenvalue weighted by Crippen LogP contribution is -2.38. The Kier molecular flexibility index (Phi) is 9.67. The highest BCUT2D eigenvalue weighted by molar-refractivity contribution is 7.99. The molecule has 0 fully saturated rings. The van der Waals surface area contributed by atoms with Crippen molar-refractivity contribution >= 4 is 50.0 Å². The molecule has 34 heavy (non-hydrogen) atoms. The minimum Gasteiger partial charge on any atom is -0.497 e. The number of anilines is 1. The Bertz CT molecular complexity index is 1100. The molecule has 8 nitrogen and oxygen atoms in total. The number of carbonyl (C=O) groups is 1. The number of aromatic nitrogens is 1. The predicted octanol–water partition coefficient (Wildman–Crippen LogP) is 5.46. The number of carbonyl (C=O) groups excluding carboxylic acids is 1. The zero-order chi connectivity index (χ0) is 24.5. The number of likely N-dealkylation sites (N-methyl/N-ethyl adjacent to an activating group) is 1. The first-order valence-electron chi connectivity index (χ1n) is 11.3. The molecular weight excluding hydrogens is 472 g/mol.